The fraction of sp³-hybridized carbons (Fsp3) is 0.364. The number of benzene rings is 2. The molecule has 1 amide bonds. The number of nitrogens with one attached hydrogen (secondary N) is 1. The standard InChI is InChI=1S/C22H27NO4S/c1-17(24)23-20(21(25)27-2)14-9-15-28-16-22(26,18-10-5-3-6-11-18)19-12-7-4-8-13-19/h3-8,10-13,20,26H,9,14-16H2,1-2H3,(H,23,24)/t20-/m0/s1. The van der Waals surface area contributed by atoms with E-state index in [2.05, 4.69) is 5.32 Å². The van der Waals surface area contributed by atoms with Crippen LogP contribution in [-0.2, 0) is 19.9 Å². The Morgan fingerprint density at radius 2 is 1.61 bits per heavy atom. The van der Waals surface area contributed by atoms with E-state index in [0.29, 0.717) is 18.6 Å². The predicted octanol–water partition coefficient (Wildman–Crippen LogP) is 3.11. The maximum Gasteiger partial charge on any atom is 0.328 e. The van der Waals surface area contributed by atoms with Gasteiger partial charge in [0.05, 0.1) is 7.11 Å². The smallest absolute Gasteiger partial charge is 0.328 e. The normalized spacial score (nSPS) is 12.2. The third-order valence-corrected chi connectivity index (χ3v) is 5.66. The van der Waals surface area contributed by atoms with Crippen molar-refractivity contribution in [2.75, 3.05) is 18.6 Å². The second-order valence-corrected chi connectivity index (χ2v) is 7.67. The number of carbonyl (C=O) groups is 2. The molecule has 0 aliphatic heterocycles. The summed E-state index contributed by atoms with van der Waals surface area (Å²) in [5.74, 6) is 0.537. The minimum Gasteiger partial charge on any atom is -0.467 e. The lowest BCUT2D eigenvalue weighted by Gasteiger charge is -2.29. The van der Waals surface area contributed by atoms with Crippen LogP contribution >= 0.6 is 11.8 Å². The number of hydrogen-bond donors (Lipinski definition) is 2. The first-order valence-electron chi connectivity index (χ1n) is 9.23. The number of aliphatic hydroxyl groups is 1. The number of amides is 1. The Morgan fingerprint density at radius 1 is 1.07 bits per heavy atom. The first-order valence-corrected chi connectivity index (χ1v) is 10.4. The molecule has 2 N–H and O–H groups in total. The number of thioether (sulfide) groups is 1. The maximum absolute atomic E-state index is 11.8. The molecule has 0 aromatic heterocycles. The minimum absolute atomic E-state index is 0.259. The lowest BCUT2D eigenvalue weighted by molar-refractivity contribution is -0.145. The van der Waals surface area contributed by atoms with E-state index in [1.54, 1.807) is 11.8 Å². The topological polar surface area (TPSA) is 75.6 Å². The number of hydrogen-bond acceptors (Lipinski definition) is 5. The van der Waals surface area contributed by atoms with Crippen molar-refractivity contribution in [2.24, 2.45) is 0 Å². The third kappa shape index (κ3) is 6.11. The van der Waals surface area contributed by atoms with Crippen LogP contribution in [0.25, 0.3) is 0 Å². The number of ether oxygens (including phenoxy) is 1. The van der Waals surface area contributed by atoms with E-state index in [-0.39, 0.29) is 5.91 Å². The summed E-state index contributed by atoms with van der Waals surface area (Å²) in [5.41, 5.74) is 0.603. The van der Waals surface area contributed by atoms with E-state index in [0.717, 1.165) is 16.9 Å². The molecule has 6 heteroatoms. The molecule has 2 aromatic rings. The highest BCUT2D eigenvalue weighted by Gasteiger charge is 2.31. The van der Waals surface area contributed by atoms with Gasteiger partial charge < -0.3 is 15.2 Å². The summed E-state index contributed by atoms with van der Waals surface area (Å²) in [6.07, 6.45) is 1.21. The number of esters is 1. The van der Waals surface area contributed by atoms with Gasteiger partial charge in [-0.15, -0.1) is 0 Å². The van der Waals surface area contributed by atoms with Gasteiger partial charge in [0, 0.05) is 12.7 Å². The number of rotatable bonds is 10. The van der Waals surface area contributed by atoms with Crippen molar-refractivity contribution in [3.63, 3.8) is 0 Å². The van der Waals surface area contributed by atoms with Gasteiger partial charge in [0.1, 0.15) is 11.6 Å². The third-order valence-electron chi connectivity index (χ3n) is 4.46. The van der Waals surface area contributed by atoms with Crippen LogP contribution in [0.1, 0.15) is 30.9 Å². The van der Waals surface area contributed by atoms with E-state index >= 15 is 0 Å². The quantitative estimate of drug-likeness (QED) is 0.473. The van der Waals surface area contributed by atoms with Crippen LogP contribution in [0, 0.1) is 0 Å². The maximum atomic E-state index is 11.8. The van der Waals surface area contributed by atoms with Gasteiger partial charge in [-0.3, -0.25) is 4.79 Å². The highest BCUT2D eigenvalue weighted by molar-refractivity contribution is 7.99. The van der Waals surface area contributed by atoms with Crippen molar-refractivity contribution in [1.29, 1.82) is 0 Å². The average molecular weight is 402 g/mol. The van der Waals surface area contributed by atoms with Crippen molar-refractivity contribution in [3.05, 3.63) is 71.8 Å². The van der Waals surface area contributed by atoms with Crippen LogP contribution in [0.3, 0.4) is 0 Å². The molecular formula is C22H27NO4S. The summed E-state index contributed by atoms with van der Waals surface area (Å²) < 4.78 is 4.74. The van der Waals surface area contributed by atoms with E-state index in [1.165, 1.54) is 14.0 Å². The molecule has 0 heterocycles. The molecule has 0 aliphatic carbocycles. The van der Waals surface area contributed by atoms with Crippen molar-refractivity contribution in [3.8, 4) is 0 Å². The molecule has 1 atom stereocenters. The molecule has 0 unspecified atom stereocenters. The lowest BCUT2D eigenvalue weighted by Crippen LogP contribution is -2.40. The van der Waals surface area contributed by atoms with Crippen molar-refractivity contribution < 1.29 is 19.4 Å². The second-order valence-electron chi connectivity index (χ2n) is 6.56. The largest absolute Gasteiger partial charge is 0.467 e. The Hall–Kier alpha value is -2.31. The Kier molecular flexibility index (Phi) is 8.54. The first-order chi connectivity index (χ1) is 13.5. The monoisotopic (exact) mass is 401 g/mol. The predicted molar refractivity (Wildman–Crippen MR) is 112 cm³/mol. The summed E-state index contributed by atoms with van der Waals surface area (Å²) in [7, 11) is 1.31. The van der Waals surface area contributed by atoms with Gasteiger partial charge in [-0.25, -0.2) is 4.79 Å². The first kappa shape index (κ1) is 22.0. The number of carbonyl (C=O) groups excluding carboxylic acids is 2. The average Bonchev–Trinajstić information content (AvgIpc) is 2.73. The molecule has 0 saturated heterocycles. The van der Waals surface area contributed by atoms with Gasteiger partial charge in [-0.2, -0.15) is 11.8 Å². The fourth-order valence-electron chi connectivity index (χ4n) is 3.01. The summed E-state index contributed by atoms with van der Waals surface area (Å²) in [4.78, 5) is 23.0. The zero-order valence-corrected chi connectivity index (χ0v) is 17.1. The van der Waals surface area contributed by atoms with Gasteiger partial charge >= 0.3 is 5.97 Å². The number of methoxy groups -OCH3 is 1. The van der Waals surface area contributed by atoms with Crippen LogP contribution in [-0.4, -0.2) is 41.6 Å². The Balaban J connectivity index is 1.97. The molecule has 150 valence electrons. The molecule has 0 aliphatic rings. The van der Waals surface area contributed by atoms with Crippen molar-refractivity contribution >= 4 is 23.6 Å². The van der Waals surface area contributed by atoms with Gasteiger partial charge in [0.25, 0.3) is 0 Å². The summed E-state index contributed by atoms with van der Waals surface area (Å²) in [6, 6.07) is 18.6. The fourth-order valence-corrected chi connectivity index (χ4v) is 4.15. The van der Waals surface area contributed by atoms with E-state index in [9.17, 15) is 14.7 Å². The molecule has 2 aromatic carbocycles. The van der Waals surface area contributed by atoms with Gasteiger partial charge in [-0.05, 0) is 29.7 Å². The lowest BCUT2D eigenvalue weighted by atomic mass is 9.88. The molecule has 0 bridgehead atoms. The van der Waals surface area contributed by atoms with E-state index in [4.69, 9.17) is 4.74 Å². The molecule has 5 nitrogen and oxygen atoms in total. The van der Waals surface area contributed by atoms with E-state index in [1.807, 2.05) is 60.7 Å². The molecular weight excluding hydrogens is 374 g/mol. The zero-order valence-electron chi connectivity index (χ0n) is 16.3. The highest BCUT2D eigenvalue weighted by atomic mass is 32.2. The van der Waals surface area contributed by atoms with Crippen molar-refractivity contribution in [2.45, 2.75) is 31.4 Å². The summed E-state index contributed by atoms with van der Waals surface area (Å²) in [6.45, 7) is 1.38. The minimum atomic E-state index is -1.09. The molecule has 0 radical (unpaired) electrons. The molecule has 0 saturated carbocycles. The molecule has 28 heavy (non-hydrogen) atoms. The highest BCUT2D eigenvalue weighted by Crippen LogP contribution is 2.33. The van der Waals surface area contributed by atoms with Crippen LogP contribution < -0.4 is 5.32 Å². The Bertz CT molecular complexity index is 712. The molecule has 0 spiro atoms. The SMILES string of the molecule is COC(=O)[C@H](CCCSCC(O)(c1ccccc1)c1ccccc1)NC(C)=O. The van der Waals surface area contributed by atoms with Gasteiger partial charge in [0.15, 0.2) is 0 Å². The van der Waals surface area contributed by atoms with Crippen LogP contribution in [0.2, 0.25) is 0 Å². The Morgan fingerprint density at radius 3 is 2.07 bits per heavy atom. The van der Waals surface area contributed by atoms with Gasteiger partial charge in [0.2, 0.25) is 5.91 Å². The van der Waals surface area contributed by atoms with Crippen LogP contribution in [0.5, 0.6) is 0 Å². The summed E-state index contributed by atoms with van der Waals surface area (Å²) in [5, 5.41) is 14.1. The molecule has 0 fully saturated rings. The van der Waals surface area contributed by atoms with E-state index < -0.39 is 17.6 Å². The van der Waals surface area contributed by atoms with Crippen molar-refractivity contribution in [1.82, 2.24) is 5.32 Å². The molecule has 2 rings (SSSR count). The zero-order chi connectivity index (χ0) is 20.4. The second kappa shape index (κ2) is 10.9. The van der Waals surface area contributed by atoms with Crippen LogP contribution in [0.4, 0.5) is 0 Å². The Labute approximate surface area is 170 Å². The van der Waals surface area contributed by atoms with Gasteiger partial charge in [-0.1, -0.05) is 60.7 Å². The summed E-state index contributed by atoms with van der Waals surface area (Å²) >= 11 is 1.62. The van der Waals surface area contributed by atoms with Crippen LogP contribution in [0.15, 0.2) is 60.7 Å².